The Morgan fingerprint density at radius 1 is 0.810 bits per heavy atom. The molecule has 0 radical (unpaired) electrons. The van der Waals surface area contributed by atoms with Crippen LogP contribution in [0.1, 0.15) is 104 Å². The van der Waals surface area contributed by atoms with E-state index in [-0.39, 0.29) is 0 Å². The quantitative estimate of drug-likeness (QED) is 0.444. The van der Waals surface area contributed by atoms with Crippen LogP contribution in [-0.2, 0) is 0 Å². The molecule has 0 amide bonds. The molecular formula is C20H41N. The average molecular weight is 296 g/mol. The fraction of sp³-hybridized carbons (Fsp3) is 1.00. The summed E-state index contributed by atoms with van der Waals surface area (Å²) in [6, 6.07) is 0.740. The van der Waals surface area contributed by atoms with E-state index in [1.54, 1.807) is 0 Å². The Balaban J connectivity index is 2.09. The van der Waals surface area contributed by atoms with Crippen LogP contribution in [0.5, 0.6) is 0 Å². The first-order valence-electron chi connectivity index (χ1n) is 9.98. The van der Waals surface area contributed by atoms with Crippen LogP contribution in [0.4, 0.5) is 0 Å². The lowest BCUT2D eigenvalue weighted by Crippen LogP contribution is -2.32. The predicted octanol–water partition coefficient (Wildman–Crippen LogP) is 6.42. The highest BCUT2D eigenvalue weighted by molar-refractivity contribution is 4.69. The molecule has 0 aromatic rings. The van der Waals surface area contributed by atoms with E-state index >= 15 is 0 Å². The molecule has 1 saturated heterocycles. The van der Waals surface area contributed by atoms with Gasteiger partial charge in [0.25, 0.3) is 0 Å². The maximum atomic E-state index is 2.69. The van der Waals surface area contributed by atoms with Crippen LogP contribution >= 0.6 is 0 Å². The third-order valence-corrected chi connectivity index (χ3v) is 5.31. The molecule has 21 heavy (non-hydrogen) atoms. The third kappa shape index (κ3) is 9.55. The summed E-state index contributed by atoms with van der Waals surface area (Å²) < 4.78 is 0. The van der Waals surface area contributed by atoms with Gasteiger partial charge in [-0.25, -0.2) is 0 Å². The lowest BCUT2D eigenvalue weighted by Gasteiger charge is -2.25. The van der Waals surface area contributed by atoms with E-state index in [2.05, 4.69) is 25.7 Å². The second-order valence-electron chi connectivity index (χ2n) is 7.54. The van der Waals surface area contributed by atoms with Crippen LogP contribution in [0.3, 0.4) is 0 Å². The van der Waals surface area contributed by atoms with Gasteiger partial charge in [0, 0.05) is 6.04 Å². The number of unbranched alkanes of at least 4 members (excludes halogenated alkanes) is 6. The highest BCUT2D eigenvalue weighted by Gasteiger charge is 2.15. The smallest absolute Gasteiger partial charge is 0.00385 e. The molecule has 0 aromatic carbocycles. The second kappa shape index (κ2) is 12.5. The minimum absolute atomic E-state index is 0.740. The average Bonchev–Trinajstić information content (AvgIpc) is 2.58. The van der Waals surface area contributed by atoms with Crippen molar-refractivity contribution < 1.29 is 0 Å². The minimum atomic E-state index is 0.740. The van der Waals surface area contributed by atoms with Gasteiger partial charge in [-0.15, -0.1) is 0 Å². The van der Waals surface area contributed by atoms with Gasteiger partial charge in [0.05, 0.1) is 0 Å². The summed E-state index contributed by atoms with van der Waals surface area (Å²) in [6.07, 6.45) is 19.0. The van der Waals surface area contributed by atoms with E-state index in [1.807, 2.05) is 0 Å². The van der Waals surface area contributed by atoms with Crippen molar-refractivity contribution in [2.75, 3.05) is 13.1 Å². The highest BCUT2D eigenvalue weighted by atomic mass is 15.1. The predicted molar refractivity (Wildman–Crippen MR) is 95.9 cm³/mol. The van der Waals surface area contributed by atoms with Crippen LogP contribution in [0, 0.1) is 5.92 Å². The first-order chi connectivity index (χ1) is 10.2. The summed E-state index contributed by atoms with van der Waals surface area (Å²) in [7, 11) is 0. The van der Waals surface area contributed by atoms with Crippen LogP contribution in [0.25, 0.3) is 0 Å². The number of nitrogens with zero attached hydrogens (tertiary/aromatic N) is 1. The van der Waals surface area contributed by atoms with Gasteiger partial charge >= 0.3 is 0 Å². The SMILES string of the molecule is CCCCCCCCCC1CCCCN(C(C)C)CCC1. The molecule has 1 fully saturated rings. The fourth-order valence-electron chi connectivity index (χ4n) is 3.78. The Bertz CT molecular complexity index is 224. The third-order valence-electron chi connectivity index (χ3n) is 5.31. The summed E-state index contributed by atoms with van der Waals surface area (Å²) in [5, 5.41) is 0. The molecule has 1 rings (SSSR count). The number of hydrogen-bond donors (Lipinski definition) is 0. The van der Waals surface area contributed by atoms with Gasteiger partial charge in [-0.05, 0) is 52.1 Å². The van der Waals surface area contributed by atoms with Gasteiger partial charge in [-0.3, -0.25) is 0 Å². The van der Waals surface area contributed by atoms with Crippen LogP contribution in [0.2, 0.25) is 0 Å². The molecule has 0 N–H and O–H groups in total. The van der Waals surface area contributed by atoms with E-state index in [9.17, 15) is 0 Å². The zero-order chi connectivity index (χ0) is 15.3. The van der Waals surface area contributed by atoms with E-state index in [4.69, 9.17) is 0 Å². The maximum Gasteiger partial charge on any atom is 0.00385 e. The molecule has 0 bridgehead atoms. The Hall–Kier alpha value is -0.0400. The van der Waals surface area contributed by atoms with Gasteiger partial charge in [0.2, 0.25) is 0 Å². The standard InChI is InChI=1S/C20H41N/c1-4-5-6-7-8-9-10-14-20-15-11-12-17-21(19(2)3)18-13-16-20/h19-20H,4-18H2,1-3H3. The van der Waals surface area contributed by atoms with E-state index in [0.29, 0.717) is 0 Å². The molecule has 0 aliphatic carbocycles. The summed E-state index contributed by atoms with van der Waals surface area (Å²) in [5.74, 6) is 1.03. The molecule has 1 heterocycles. The molecule has 1 unspecified atom stereocenters. The molecular weight excluding hydrogens is 254 g/mol. The Morgan fingerprint density at radius 3 is 2.14 bits per heavy atom. The minimum Gasteiger partial charge on any atom is -0.301 e. The molecule has 1 atom stereocenters. The zero-order valence-electron chi connectivity index (χ0n) is 15.2. The first-order valence-corrected chi connectivity index (χ1v) is 9.98. The molecule has 0 spiro atoms. The van der Waals surface area contributed by atoms with Gasteiger partial charge in [-0.2, -0.15) is 0 Å². The van der Waals surface area contributed by atoms with Crippen molar-refractivity contribution in [3.63, 3.8) is 0 Å². The molecule has 126 valence electrons. The van der Waals surface area contributed by atoms with Crippen LogP contribution in [0.15, 0.2) is 0 Å². The Kier molecular flexibility index (Phi) is 11.3. The summed E-state index contributed by atoms with van der Waals surface area (Å²) in [5.41, 5.74) is 0. The van der Waals surface area contributed by atoms with Gasteiger partial charge in [0.15, 0.2) is 0 Å². The van der Waals surface area contributed by atoms with Crippen molar-refractivity contribution in [1.82, 2.24) is 4.90 Å². The van der Waals surface area contributed by atoms with Crippen molar-refractivity contribution in [3.8, 4) is 0 Å². The molecule has 1 aliphatic heterocycles. The van der Waals surface area contributed by atoms with Crippen molar-refractivity contribution in [3.05, 3.63) is 0 Å². The van der Waals surface area contributed by atoms with Crippen molar-refractivity contribution in [1.29, 1.82) is 0 Å². The van der Waals surface area contributed by atoms with E-state index < -0.39 is 0 Å². The Morgan fingerprint density at radius 2 is 1.43 bits per heavy atom. The fourth-order valence-corrected chi connectivity index (χ4v) is 3.78. The maximum absolute atomic E-state index is 2.69. The topological polar surface area (TPSA) is 3.24 Å². The molecule has 1 heteroatoms. The second-order valence-corrected chi connectivity index (χ2v) is 7.54. The van der Waals surface area contributed by atoms with Gasteiger partial charge < -0.3 is 4.90 Å². The normalized spacial score (nSPS) is 22.0. The summed E-state index contributed by atoms with van der Waals surface area (Å²) in [6.45, 7) is 9.69. The van der Waals surface area contributed by atoms with Crippen molar-refractivity contribution >= 4 is 0 Å². The van der Waals surface area contributed by atoms with Gasteiger partial charge in [0.1, 0.15) is 0 Å². The number of rotatable bonds is 9. The molecule has 1 nitrogen and oxygen atoms in total. The first kappa shape index (κ1) is 19.0. The number of hydrogen-bond acceptors (Lipinski definition) is 1. The molecule has 0 saturated carbocycles. The van der Waals surface area contributed by atoms with E-state index in [0.717, 1.165) is 12.0 Å². The monoisotopic (exact) mass is 295 g/mol. The van der Waals surface area contributed by atoms with Crippen molar-refractivity contribution in [2.24, 2.45) is 5.92 Å². The summed E-state index contributed by atoms with van der Waals surface area (Å²) in [4.78, 5) is 2.69. The van der Waals surface area contributed by atoms with Crippen LogP contribution < -0.4 is 0 Å². The Labute approximate surface area is 134 Å². The van der Waals surface area contributed by atoms with Gasteiger partial charge in [-0.1, -0.05) is 71.1 Å². The molecule has 0 aromatic heterocycles. The highest BCUT2D eigenvalue weighted by Crippen LogP contribution is 2.24. The lowest BCUT2D eigenvalue weighted by molar-refractivity contribution is 0.216. The summed E-state index contributed by atoms with van der Waals surface area (Å²) >= 11 is 0. The van der Waals surface area contributed by atoms with Crippen molar-refractivity contribution in [2.45, 2.75) is 110 Å². The molecule has 1 aliphatic rings. The zero-order valence-corrected chi connectivity index (χ0v) is 15.2. The van der Waals surface area contributed by atoms with E-state index in [1.165, 1.54) is 96.6 Å². The lowest BCUT2D eigenvalue weighted by atomic mass is 9.91. The van der Waals surface area contributed by atoms with Crippen LogP contribution in [-0.4, -0.2) is 24.0 Å². The largest absolute Gasteiger partial charge is 0.301 e.